The number of rotatable bonds is 2. The van der Waals surface area contributed by atoms with Gasteiger partial charge < -0.3 is 10.1 Å². The lowest BCUT2D eigenvalue weighted by Crippen LogP contribution is -2.36. The SMILES string of the molecule is O=C(NC1COC2(CCCC2)C1)c1cnc2ccccc2c1. The second kappa shape index (κ2) is 5.36. The number of hydrogen-bond donors (Lipinski definition) is 1. The number of aromatic nitrogens is 1. The number of nitrogens with one attached hydrogen (secondary N) is 1. The van der Waals surface area contributed by atoms with Crippen LogP contribution in [0, 0.1) is 0 Å². The zero-order valence-corrected chi connectivity index (χ0v) is 12.5. The summed E-state index contributed by atoms with van der Waals surface area (Å²) in [6.07, 6.45) is 7.36. The number of carbonyl (C=O) groups is 1. The Morgan fingerprint density at radius 1 is 1.27 bits per heavy atom. The molecule has 0 bridgehead atoms. The Balaban J connectivity index is 1.47. The quantitative estimate of drug-likeness (QED) is 0.926. The van der Waals surface area contributed by atoms with Crippen molar-refractivity contribution in [2.24, 2.45) is 0 Å². The molecule has 1 saturated carbocycles. The minimum atomic E-state index is -0.0538. The molecular formula is C18H20N2O2. The molecule has 4 heteroatoms. The molecular weight excluding hydrogens is 276 g/mol. The number of benzene rings is 1. The molecule has 2 aliphatic rings. The largest absolute Gasteiger partial charge is 0.373 e. The molecule has 1 aromatic carbocycles. The van der Waals surface area contributed by atoms with Crippen molar-refractivity contribution in [1.29, 1.82) is 0 Å². The molecule has 1 spiro atoms. The Morgan fingerprint density at radius 3 is 2.95 bits per heavy atom. The Bertz CT molecular complexity index is 707. The summed E-state index contributed by atoms with van der Waals surface area (Å²) >= 11 is 0. The molecule has 1 amide bonds. The number of pyridine rings is 1. The summed E-state index contributed by atoms with van der Waals surface area (Å²) in [5.74, 6) is -0.0538. The maximum Gasteiger partial charge on any atom is 0.253 e. The van der Waals surface area contributed by atoms with Crippen LogP contribution in [0.5, 0.6) is 0 Å². The van der Waals surface area contributed by atoms with Crippen LogP contribution in [0.15, 0.2) is 36.5 Å². The number of nitrogens with zero attached hydrogens (tertiary/aromatic N) is 1. The summed E-state index contributed by atoms with van der Waals surface area (Å²) in [5.41, 5.74) is 1.57. The van der Waals surface area contributed by atoms with E-state index in [0.29, 0.717) is 12.2 Å². The standard InChI is InChI=1S/C18H20N2O2/c21-17(14-9-13-5-1-2-6-16(13)19-11-14)20-15-10-18(22-12-15)7-3-4-8-18/h1-2,5-6,9,11,15H,3-4,7-8,10,12H2,(H,20,21). The molecule has 2 heterocycles. The van der Waals surface area contributed by atoms with E-state index < -0.39 is 0 Å². The second-order valence-electron chi connectivity index (χ2n) is 6.49. The zero-order chi connectivity index (χ0) is 15.0. The monoisotopic (exact) mass is 296 g/mol. The van der Waals surface area contributed by atoms with Gasteiger partial charge in [0.15, 0.2) is 0 Å². The molecule has 1 aliphatic carbocycles. The van der Waals surface area contributed by atoms with E-state index in [-0.39, 0.29) is 17.6 Å². The van der Waals surface area contributed by atoms with Gasteiger partial charge >= 0.3 is 0 Å². The molecule has 1 aliphatic heterocycles. The first kappa shape index (κ1) is 13.7. The van der Waals surface area contributed by atoms with Gasteiger partial charge in [0.2, 0.25) is 0 Å². The molecule has 0 radical (unpaired) electrons. The van der Waals surface area contributed by atoms with Crippen molar-refractivity contribution in [3.8, 4) is 0 Å². The average Bonchev–Trinajstić information content (AvgIpc) is 3.17. The van der Waals surface area contributed by atoms with Crippen LogP contribution in [0.1, 0.15) is 42.5 Å². The van der Waals surface area contributed by atoms with Crippen molar-refractivity contribution in [2.45, 2.75) is 43.7 Å². The molecule has 1 N–H and O–H groups in total. The normalized spacial score (nSPS) is 23.2. The number of para-hydroxylation sites is 1. The van der Waals surface area contributed by atoms with Crippen LogP contribution >= 0.6 is 0 Å². The summed E-state index contributed by atoms with van der Waals surface area (Å²) < 4.78 is 5.99. The van der Waals surface area contributed by atoms with Gasteiger partial charge in [-0.15, -0.1) is 0 Å². The minimum absolute atomic E-state index is 0.0413. The van der Waals surface area contributed by atoms with Crippen LogP contribution < -0.4 is 5.32 Å². The number of ether oxygens (including phenoxy) is 1. The van der Waals surface area contributed by atoms with E-state index in [1.165, 1.54) is 12.8 Å². The van der Waals surface area contributed by atoms with Crippen molar-refractivity contribution >= 4 is 16.8 Å². The van der Waals surface area contributed by atoms with Crippen molar-refractivity contribution in [2.75, 3.05) is 6.61 Å². The van der Waals surface area contributed by atoms with Crippen LogP contribution in [-0.4, -0.2) is 29.1 Å². The van der Waals surface area contributed by atoms with Crippen LogP contribution in [0.25, 0.3) is 10.9 Å². The van der Waals surface area contributed by atoms with Crippen molar-refractivity contribution in [1.82, 2.24) is 10.3 Å². The van der Waals surface area contributed by atoms with Gasteiger partial charge in [0.1, 0.15) is 0 Å². The maximum atomic E-state index is 12.4. The maximum absolute atomic E-state index is 12.4. The summed E-state index contributed by atoms with van der Waals surface area (Å²) in [6.45, 7) is 0.632. The van der Waals surface area contributed by atoms with E-state index in [4.69, 9.17) is 4.74 Å². The summed E-state index contributed by atoms with van der Waals surface area (Å²) in [6, 6.07) is 9.86. The highest BCUT2D eigenvalue weighted by atomic mass is 16.5. The van der Waals surface area contributed by atoms with Crippen LogP contribution in [-0.2, 0) is 4.74 Å². The van der Waals surface area contributed by atoms with E-state index in [1.54, 1.807) is 6.20 Å². The average molecular weight is 296 g/mol. The number of hydrogen-bond acceptors (Lipinski definition) is 3. The van der Waals surface area contributed by atoms with Gasteiger partial charge in [0.05, 0.1) is 29.3 Å². The summed E-state index contributed by atoms with van der Waals surface area (Å²) in [7, 11) is 0. The fourth-order valence-corrected chi connectivity index (χ4v) is 3.77. The first-order valence-corrected chi connectivity index (χ1v) is 8.04. The van der Waals surface area contributed by atoms with Gasteiger partial charge in [-0.3, -0.25) is 9.78 Å². The Morgan fingerprint density at radius 2 is 2.09 bits per heavy atom. The minimum Gasteiger partial charge on any atom is -0.373 e. The number of fused-ring (bicyclic) bond motifs is 1. The highest BCUT2D eigenvalue weighted by Crippen LogP contribution is 2.40. The molecule has 4 nitrogen and oxygen atoms in total. The van der Waals surface area contributed by atoms with Crippen LogP contribution in [0.2, 0.25) is 0 Å². The molecule has 4 rings (SSSR count). The third kappa shape index (κ3) is 2.48. The van der Waals surface area contributed by atoms with Crippen LogP contribution in [0.4, 0.5) is 0 Å². The fraction of sp³-hybridized carbons (Fsp3) is 0.444. The van der Waals surface area contributed by atoms with Crippen molar-refractivity contribution in [3.63, 3.8) is 0 Å². The van der Waals surface area contributed by atoms with Crippen molar-refractivity contribution < 1.29 is 9.53 Å². The lowest BCUT2D eigenvalue weighted by molar-refractivity contribution is 0.00988. The molecule has 2 aromatic rings. The molecule has 22 heavy (non-hydrogen) atoms. The Hall–Kier alpha value is -1.94. The van der Waals surface area contributed by atoms with E-state index in [2.05, 4.69) is 10.3 Å². The predicted octanol–water partition coefficient (Wildman–Crippen LogP) is 3.07. The van der Waals surface area contributed by atoms with E-state index in [9.17, 15) is 4.79 Å². The number of amides is 1. The van der Waals surface area contributed by atoms with Gasteiger partial charge in [-0.1, -0.05) is 31.0 Å². The predicted molar refractivity (Wildman–Crippen MR) is 84.8 cm³/mol. The molecule has 1 unspecified atom stereocenters. The lowest BCUT2D eigenvalue weighted by Gasteiger charge is -2.21. The highest BCUT2D eigenvalue weighted by Gasteiger charge is 2.42. The summed E-state index contributed by atoms with van der Waals surface area (Å²) in [5, 5.41) is 4.10. The molecule has 1 saturated heterocycles. The van der Waals surface area contributed by atoms with Gasteiger partial charge in [-0.05, 0) is 31.4 Å². The Labute approximate surface area is 129 Å². The first-order chi connectivity index (χ1) is 10.7. The molecule has 1 aromatic heterocycles. The van der Waals surface area contributed by atoms with Gasteiger partial charge in [0.25, 0.3) is 5.91 Å². The summed E-state index contributed by atoms with van der Waals surface area (Å²) in [4.78, 5) is 16.8. The first-order valence-electron chi connectivity index (χ1n) is 8.04. The molecule has 2 fully saturated rings. The third-order valence-electron chi connectivity index (χ3n) is 4.91. The van der Waals surface area contributed by atoms with E-state index in [0.717, 1.165) is 30.2 Å². The van der Waals surface area contributed by atoms with Crippen LogP contribution in [0.3, 0.4) is 0 Å². The fourth-order valence-electron chi connectivity index (χ4n) is 3.77. The van der Waals surface area contributed by atoms with E-state index >= 15 is 0 Å². The highest BCUT2D eigenvalue weighted by molar-refractivity contribution is 5.97. The topological polar surface area (TPSA) is 51.2 Å². The number of carbonyl (C=O) groups excluding carboxylic acids is 1. The third-order valence-corrected chi connectivity index (χ3v) is 4.91. The lowest BCUT2D eigenvalue weighted by atomic mass is 9.96. The zero-order valence-electron chi connectivity index (χ0n) is 12.5. The molecule has 1 atom stereocenters. The van der Waals surface area contributed by atoms with E-state index in [1.807, 2.05) is 30.3 Å². The van der Waals surface area contributed by atoms with Gasteiger partial charge in [-0.2, -0.15) is 0 Å². The second-order valence-corrected chi connectivity index (χ2v) is 6.49. The smallest absolute Gasteiger partial charge is 0.253 e. The van der Waals surface area contributed by atoms with Gasteiger partial charge in [0, 0.05) is 11.6 Å². The van der Waals surface area contributed by atoms with Gasteiger partial charge in [-0.25, -0.2) is 0 Å². The Kier molecular flexibility index (Phi) is 3.34. The van der Waals surface area contributed by atoms with Crippen molar-refractivity contribution in [3.05, 3.63) is 42.1 Å². The molecule has 114 valence electrons.